The van der Waals surface area contributed by atoms with Crippen LogP contribution in [0.25, 0.3) is 0 Å². The van der Waals surface area contributed by atoms with Crippen LogP contribution in [0.4, 0.5) is 17.6 Å². The molecule has 5 nitrogen and oxygen atoms in total. The molecule has 1 unspecified atom stereocenters. The number of nitrogens with zero attached hydrogens (tertiary/aromatic N) is 1. The summed E-state index contributed by atoms with van der Waals surface area (Å²) in [5.74, 6) is -7.65. The van der Waals surface area contributed by atoms with E-state index in [2.05, 4.69) is 4.74 Å². The molecule has 1 aliphatic rings. The fourth-order valence-electron chi connectivity index (χ4n) is 1.95. The first-order chi connectivity index (χ1) is 9.12. The Morgan fingerprint density at radius 2 is 2.05 bits per heavy atom. The minimum atomic E-state index is -4.83. The fraction of sp³-hybridized carbons (Fsp3) is 0.900. The molecular formula is C10H15F4NO4S. The SMILES string of the molecule is COCCN(C(=O)C(F)(F)C(F)F)C1CCS(=O)(=O)C1. The van der Waals surface area contributed by atoms with E-state index in [0.717, 1.165) is 0 Å². The smallest absolute Gasteiger partial charge is 0.383 e. The summed E-state index contributed by atoms with van der Waals surface area (Å²) in [6.07, 6.45) is -4.19. The van der Waals surface area contributed by atoms with Gasteiger partial charge in [-0.1, -0.05) is 0 Å². The van der Waals surface area contributed by atoms with Crippen LogP contribution in [-0.2, 0) is 19.4 Å². The molecule has 1 atom stereocenters. The van der Waals surface area contributed by atoms with E-state index in [1.165, 1.54) is 7.11 Å². The maximum atomic E-state index is 13.1. The highest BCUT2D eigenvalue weighted by Gasteiger charge is 2.53. The van der Waals surface area contributed by atoms with E-state index in [9.17, 15) is 30.8 Å². The van der Waals surface area contributed by atoms with Crippen LogP contribution in [0.2, 0.25) is 0 Å². The Labute approximate surface area is 113 Å². The molecule has 1 amide bonds. The summed E-state index contributed by atoms with van der Waals surface area (Å²) in [5, 5.41) is 0. The summed E-state index contributed by atoms with van der Waals surface area (Å²) < 4.78 is 78.0. The zero-order valence-corrected chi connectivity index (χ0v) is 11.5. The number of alkyl halides is 4. The lowest BCUT2D eigenvalue weighted by molar-refractivity contribution is -0.183. The van der Waals surface area contributed by atoms with Gasteiger partial charge in [-0.2, -0.15) is 8.78 Å². The van der Waals surface area contributed by atoms with Crippen molar-refractivity contribution in [2.75, 3.05) is 31.8 Å². The topological polar surface area (TPSA) is 63.7 Å². The monoisotopic (exact) mass is 321 g/mol. The molecule has 0 aromatic carbocycles. The minimum absolute atomic E-state index is 0.0445. The van der Waals surface area contributed by atoms with E-state index in [4.69, 9.17) is 0 Å². The molecule has 0 N–H and O–H groups in total. The number of ether oxygens (including phenoxy) is 1. The highest BCUT2D eigenvalue weighted by Crippen LogP contribution is 2.28. The number of hydrogen-bond donors (Lipinski definition) is 0. The van der Waals surface area contributed by atoms with Crippen LogP contribution in [-0.4, -0.2) is 69.4 Å². The zero-order valence-electron chi connectivity index (χ0n) is 10.7. The molecule has 1 fully saturated rings. The first-order valence-corrected chi connectivity index (χ1v) is 7.60. The molecule has 1 saturated heterocycles. The molecule has 0 saturated carbocycles. The van der Waals surface area contributed by atoms with Crippen LogP contribution in [0.5, 0.6) is 0 Å². The number of sulfone groups is 1. The number of rotatable bonds is 6. The first-order valence-electron chi connectivity index (χ1n) is 5.78. The van der Waals surface area contributed by atoms with Gasteiger partial charge in [0.1, 0.15) is 0 Å². The molecule has 0 aromatic rings. The van der Waals surface area contributed by atoms with Crippen LogP contribution >= 0.6 is 0 Å². The number of hydrogen-bond acceptors (Lipinski definition) is 4. The van der Waals surface area contributed by atoms with Gasteiger partial charge in [-0.05, 0) is 6.42 Å². The van der Waals surface area contributed by atoms with Gasteiger partial charge in [0.25, 0.3) is 5.91 Å². The van der Waals surface area contributed by atoms with Crippen molar-refractivity contribution in [2.45, 2.75) is 24.8 Å². The van der Waals surface area contributed by atoms with Crippen molar-refractivity contribution in [3.05, 3.63) is 0 Å². The molecular weight excluding hydrogens is 306 g/mol. The van der Waals surface area contributed by atoms with Crippen LogP contribution in [0.15, 0.2) is 0 Å². The third-order valence-electron chi connectivity index (χ3n) is 3.01. The fourth-order valence-corrected chi connectivity index (χ4v) is 3.68. The summed E-state index contributed by atoms with van der Waals surface area (Å²) in [7, 11) is -2.18. The Hall–Kier alpha value is -0.900. The molecule has 1 rings (SSSR count). The minimum Gasteiger partial charge on any atom is -0.383 e. The van der Waals surface area contributed by atoms with Crippen LogP contribution in [0, 0.1) is 0 Å². The molecule has 0 bridgehead atoms. The summed E-state index contributed by atoms with van der Waals surface area (Å²) in [6, 6.07) is -1.02. The molecule has 118 valence electrons. The van der Waals surface area contributed by atoms with Gasteiger partial charge >= 0.3 is 12.3 Å². The Kier molecular flexibility index (Phi) is 5.36. The van der Waals surface area contributed by atoms with Crippen LogP contribution < -0.4 is 0 Å². The standard InChI is InChI=1S/C10H15F4NO4S/c1-19-4-3-15(7-2-5-20(17,18)6-7)9(16)10(13,14)8(11)12/h7-8H,2-6H2,1H3. The summed E-state index contributed by atoms with van der Waals surface area (Å²) >= 11 is 0. The van der Waals surface area contributed by atoms with Crippen molar-refractivity contribution in [2.24, 2.45) is 0 Å². The van der Waals surface area contributed by atoms with E-state index in [-0.39, 0.29) is 25.3 Å². The highest BCUT2D eigenvalue weighted by atomic mass is 32.2. The number of carbonyl (C=O) groups excluding carboxylic acids is 1. The lowest BCUT2D eigenvalue weighted by atomic mass is 10.2. The molecule has 0 aliphatic carbocycles. The third kappa shape index (κ3) is 3.81. The van der Waals surface area contributed by atoms with Gasteiger partial charge < -0.3 is 9.64 Å². The average Bonchev–Trinajstić information content (AvgIpc) is 2.69. The van der Waals surface area contributed by atoms with Crippen LogP contribution in [0.1, 0.15) is 6.42 Å². The normalized spacial score (nSPS) is 22.2. The van der Waals surface area contributed by atoms with Gasteiger partial charge in [0.15, 0.2) is 9.84 Å². The Morgan fingerprint density at radius 3 is 2.45 bits per heavy atom. The molecule has 0 radical (unpaired) electrons. The van der Waals surface area contributed by atoms with E-state index in [0.29, 0.717) is 4.90 Å². The third-order valence-corrected chi connectivity index (χ3v) is 4.76. The quantitative estimate of drug-likeness (QED) is 0.670. The zero-order chi connectivity index (χ0) is 15.6. The second kappa shape index (κ2) is 6.25. The number of halogens is 4. The van der Waals surface area contributed by atoms with Gasteiger partial charge in [-0.3, -0.25) is 4.79 Å². The summed E-state index contributed by atoms with van der Waals surface area (Å²) in [4.78, 5) is 12.0. The van der Waals surface area contributed by atoms with Crippen molar-refractivity contribution in [3.63, 3.8) is 0 Å². The Bertz CT molecular complexity index is 454. The molecule has 0 spiro atoms. The maximum Gasteiger partial charge on any atom is 0.383 e. The van der Waals surface area contributed by atoms with E-state index < -0.39 is 39.9 Å². The number of carbonyl (C=O) groups is 1. The van der Waals surface area contributed by atoms with E-state index >= 15 is 0 Å². The molecule has 1 heterocycles. The largest absolute Gasteiger partial charge is 0.383 e. The predicted octanol–water partition coefficient (Wildman–Crippen LogP) is 0.549. The molecule has 0 aromatic heterocycles. The predicted molar refractivity (Wildman–Crippen MR) is 61.6 cm³/mol. The summed E-state index contributed by atoms with van der Waals surface area (Å²) in [5.41, 5.74) is 0. The van der Waals surface area contributed by atoms with Crippen LogP contribution in [0.3, 0.4) is 0 Å². The Balaban J connectivity index is 2.92. The first kappa shape index (κ1) is 17.2. The van der Waals surface area contributed by atoms with Crippen molar-refractivity contribution in [3.8, 4) is 0 Å². The van der Waals surface area contributed by atoms with Crippen molar-refractivity contribution in [1.29, 1.82) is 0 Å². The van der Waals surface area contributed by atoms with Gasteiger partial charge in [0, 0.05) is 19.7 Å². The van der Waals surface area contributed by atoms with E-state index in [1.807, 2.05) is 0 Å². The maximum absolute atomic E-state index is 13.1. The molecule has 10 heteroatoms. The van der Waals surface area contributed by atoms with Gasteiger partial charge in [0.2, 0.25) is 0 Å². The van der Waals surface area contributed by atoms with Crippen molar-refractivity contribution in [1.82, 2.24) is 4.90 Å². The Morgan fingerprint density at radius 1 is 1.45 bits per heavy atom. The molecule has 20 heavy (non-hydrogen) atoms. The second-order valence-electron chi connectivity index (χ2n) is 4.47. The lowest BCUT2D eigenvalue weighted by Gasteiger charge is -2.30. The lowest BCUT2D eigenvalue weighted by Crippen LogP contribution is -2.53. The highest BCUT2D eigenvalue weighted by molar-refractivity contribution is 7.91. The van der Waals surface area contributed by atoms with Gasteiger partial charge in [-0.15, -0.1) is 0 Å². The van der Waals surface area contributed by atoms with Gasteiger partial charge in [0.05, 0.1) is 18.1 Å². The number of methoxy groups -OCH3 is 1. The second-order valence-corrected chi connectivity index (χ2v) is 6.70. The van der Waals surface area contributed by atoms with E-state index in [1.54, 1.807) is 0 Å². The summed E-state index contributed by atoms with van der Waals surface area (Å²) in [6.45, 7) is -0.514. The number of amides is 1. The average molecular weight is 321 g/mol. The van der Waals surface area contributed by atoms with Crippen molar-refractivity contribution >= 4 is 15.7 Å². The van der Waals surface area contributed by atoms with Crippen molar-refractivity contribution < 1.29 is 35.5 Å². The molecule has 1 aliphatic heterocycles. The van der Waals surface area contributed by atoms with Gasteiger partial charge in [-0.25, -0.2) is 17.2 Å².